The number of hydrogen-bond donors (Lipinski definition) is 0. The van der Waals surface area contributed by atoms with E-state index in [2.05, 4.69) is 48.7 Å². The minimum atomic E-state index is 0.939. The normalized spacial score (nSPS) is 10.8. The van der Waals surface area contributed by atoms with E-state index in [0.717, 1.165) is 15.8 Å². The summed E-state index contributed by atoms with van der Waals surface area (Å²) in [5.74, 6) is 3.14. The summed E-state index contributed by atoms with van der Waals surface area (Å²) < 4.78 is 0. The molecule has 0 aromatic heterocycles. The lowest BCUT2D eigenvalue weighted by atomic mass is 10.1. The molecule has 0 amide bonds. The molecule has 1 rings (SSSR count). The molecule has 0 aliphatic carbocycles. The highest BCUT2D eigenvalue weighted by molar-refractivity contribution is 6.23. The fourth-order valence-corrected chi connectivity index (χ4v) is 1.45. The van der Waals surface area contributed by atoms with Gasteiger partial charge in [-0.05, 0) is 19.4 Å². The zero-order valence-corrected chi connectivity index (χ0v) is 10.4. The molecule has 0 saturated heterocycles. The average molecular weight is 186 g/mol. The van der Waals surface area contributed by atoms with Gasteiger partial charge in [-0.3, -0.25) is 0 Å². The second kappa shape index (κ2) is 4.69. The van der Waals surface area contributed by atoms with Gasteiger partial charge in [0.25, 0.3) is 0 Å². The summed E-state index contributed by atoms with van der Waals surface area (Å²) in [5.41, 5.74) is 6.70. The van der Waals surface area contributed by atoms with Crippen LogP contribution in [0.3, 0.4) is 0 Å². The molecule has 13 heavy (non-hydrogen) atoms. The first kappa shape index (κ1) is 9.82. The SMILES string of the molecule is CC=C(C#C[SiH3])c1ccc(C)cc1. The predicted octanol–water partition coefficient (Wildman–Crippen LogP) is 1.72. The summed E-state index contributed by atoms with van der Waals surface area (Å²) in [4.78, 5) is 0. The van der Waals surface area contributed by atoms with Crippen LogP contribution in [0.25, 0.3) is 5.57 Å². The van der Waals surface area contributed by atoms with Crippen molar-refractivity contribution in [3.8, 4) is 11.5 Å². The van der Waals surface area contributed by atoms with Crippen molar-refractivity contribution in [2.45, 2.75) is 13.8 Å². The van der Waals surface area contributed by atoms with Gasteiger partial charge in [-0.25, -0.2) is 0 Å². The molecule has 0 nitrogen and oxygen atoms in total. The molecular formula is C12H14Si. The molecule has 1 aromatic carbocycles. The van der Waals surface area contributed by atoms with Crippen molar-refractivity contribution in [1.29, 1.82) is 0 Å². The standard InChI is InChI=1S/C12H14Si/c1-3-11(8-9-13)12-6-4-10(2)5-7-12/h3-7H,1-2,13H3. The first-order valence-electron chi connectivity index (χ1n) is 4.44. The Morgan fingerprint density at radius 2 is 1.92 bits per heavy atom. The largest absolute Gasteiger partial charge is 0.138 e. The monoisotopic (exact) mass is 186 g/mol. The molecule has 1 aromatic rings. The third-order valence-corrected chi connectivity index (χ3v) is 2.16. The van der Waals surface area contributed by atoms with Gasteiger partial charge in [0.15, 0.2) is 0 Å². The molecule has 0 bridgehead atoms. The van der Waals surface area contributed by atoms with Crippen molar-refractivity contribution in [3.63, 3.8) is 0 Å². The summed E-state index contributed by atoms with van der Waals surface area (Å²) in [6.07, 6.45) is 2.07. The number of rotatable bonds is 1. The Bertz CT molecular complexity index is 360. The maximum atomic E-state index is 3.14. The maximum Gasteiger partial charge on any atom is 0.0911 e. The van der Waals surface area contributed by atoms with Crippen molar-refractivity contribution in [2.75, 3.05) is 0 Å². The van der Waals surface area contributed by atoms with Crippen molar-refractivity contribution in [1.82, 2.24) is 0 Å². The number of benzene rings is 1. The fourth-order valence-electron chi connectivity index (χ4n) is 1.18. The van der Waals surface area contributed by atoms with E-state index in [9.17, 15) is 0 Å². The van der Waals surface area contributed by atoms with Gasteiger partial charge in [0.2, 0.25) is 0 Å². The van der Waals surface area contributed by atoms with Crippen molar-refractivity contribution in [2.24, 2.45) is 0 Å². The van der Waals surface area contributed by atoms with Crippen LogP contribution in [0, 0.1) is 18.4 Å². The molecule has 0 N–H and O–H groups in total. The highest BCUT2D eigenvalue weighted by atomic mass is 28.1. The number of allylic oxidation sites excluding steroid dienone is 2. The topological polar surface area (TPSA) is 0 Å². The number of hydrogen-bond acceptors (Lipinski definition) is 0. The van der Waals surface area contributed by atoms with Crippen LogP contribution in [0.1, 0.15) is 18.1 Å². The molecule has 0 saturated carbocycles. The molecule has 0 aliphatic rings. The van der Waals surface area contributed by atoms with Crippen LogP contribution in [0.2, 0.25) is 0 Å². The molecule has 0 atom stereocenters. The summed E-state index contributed by atoms with van der Waals surface area (Å²) >= 11 is 0. The van der Waals surface area contributed by atoms with E-state index in [4.69, 9.17) is 0 Å². The van der Waals surface area contributed by atoms with E-state index >= 15 is 0 Å². The molecule has 0 aliphatic heterocycles. The van der Waals surface area contributed by atoms with Gasteiger partial charge >= 0.3 is 0 Å². The smallest absolute Gasteiger partial charge is 0.0911 e. The molecule has 1 heteroatoms. The van der Waals surface area contributed by atoms with Gasteiger partial charge in [0, 0.05) is 5.57 Å². The summed E-state index contributed by atoms with van der Waals surface area (Å²) in [6.45, 7) is 4.12. The highest BCUT2D eigenvalue weighted by Gasteiger charge is 1.94. The van der Waals surface area contributed by atoms with E-state index in [1.165, 1.54) is 11.1 Å². The van der Waals surface area contributed by atoms with E-state index in [0.29, 0.717) is 0 Å². The van der Waals surface area contributed by atoms with E-state index in [1.54, 1.807) is 0 Å². The van der Waals surface area contributed by atoms with Crippen LogP contribution in [0.4, 0.5) is 0 Å². The van der Waals surface area contributed by atoms with Crippen LogP contribution in [0.15, 0.2) is 30.3 Å². The molecule has 66 valence electrons. The average Bonchev–Trinajstić information content (AvgIpc) is 2.16. The van der Waals surface area contributed by atoms with Crippen molar-refractivity contribution < 1.29 is 0 Å². The lowest BCUT2D eigenvalue weighted by Crippen LogP contribution is -1.81. The van der Waals surface area contributed by atoms with Gasteiger partial charge in [-0.15, -0.1) is 5.54 Å². The second-order valence-electron chi connectivity index (χ2n) is 2.94. The first-order chi connectivity index (χ1) is 6.27. The van der Waals surface area contributed by atoms with Gasteiger partial charge < -0.3 is 0 Å². The van der Waals surface area contributed by atoms with Gasteiger partial charge in [-0.2, -0.15) is 0 Å². The Morgan fingerprint density at radius 3 is 2.38 bits per heavy atom. The molecule has 0 heterocycles. The Morgan fingerprint density at radius 1 is 1.31 bits per heavy atom. The van der Waals surface area contributed by atoms with Crippen LogP contribution in [0.5, 0.6) is 0 Å². The Labute approximate surface area is 83.1 Å². The highest BCUT2D eigenvalue weighted by Crippen LogP contribution is 2.13. The third kappa shape index (κ3) is 2.61. The van der Waals surface area contributed by atoms with Crippen molar-refractivity contribution in [3.05, 3.63) is 41.5 Å². The Balaban J connectivity index is 3.05. The van der Waals surface area contributed by atoms with Gasteiger partial charge in [0.1, 0.15) is 0 Å². The summed E-state index contributed by atoms with van der Waals surface area (Å²) in [5, 5.41) is 0. The van der Waals surface area contributed by atoms with Gasteiger partial charge in [-0.1, -0.05) is 41.8 Å². The van der Waals surface area contributed by atoms with Crippen LogP contribution in [-0.4, -0.2) is 10.2 Å². The van der Waals surface area contributed by atoms with Gasteiger partial charge in [0.05, 0.1) is 10.2 Å². The second-order valence-corrected chi connectivity index (χ2v) is 3.44. The minimum absolute atomic E-state index is 0.939. The summed E-state index contributed by atoms with van der Waals surface area (Å²) in [6, 6.07) is 8.48. The van der Waals surface area contributed by atoms with Crippen LogP contribution >= 0.6 is 0 Å². The molecule has 0 unspecified atom stereocenters. The fraction of sp³-hybridized carbons (Fsp3) is 0.167. The van der Waals surface area contributed by atoms with Crippen LogP contribution < -0.4 is 0 Å². The van der Waals surface area contributed by atoms with E-state index in [1.807, 2.05) is 6.92 Å². The maximum absolute atomic E-state index is 3.14. The quantitative estimate of drug-likeness (QED) is 0.463. The van der Waals surface area contributed by atoms with E-state index in [-0.39, 0.29) is 0 Å². The third-order valence-electron chi connectivity index (χ3n) is 1.91. The number of aryl methyl sites for hydroxylation is 1. The van der Waals surface area contributed by atoms with E-state index < -0.39 is 0 Å². The Kier molecular flexibility index (Phi) is 3.54. The Hall–Kier alpha value is -1.26. The zero-order chi connectivity index (χ0) is 9.68. The summed E-state index contributed by atoms with van der Waals surface area (Å²) in [7, 11) is 0.939. The lowest BCUT2D eigenvalue weighted by Gasteiger charge is -1.99. The predicted molar refractivity (Wildman–Crippen MR) is 62.5 cm³/mol. The molecule has 0 radical (unpaired) electrons. The first-order valence-corrected chi connectivity index (χ1v) is 5.44. The molecule has 0 spiro atoms. The van der Waals surface area contributed by atoms with Crippen LogP contribution in [-0.2, 0) is 0 Å². The molecule has 0 fully saturated rings. The lowest BCUT2D eigenvalue weighted by molar-refractivity contribution is 1.45. The van der Waals surface area contributed by atoms with Crippen molar-refractivity contribution >= 4 is 15.8 Å². The minimum Gasteiger partial charge on any atom is -0.138 e. The molecular weight excluding hydrogens is 172 g/mol. The zero-order valence-electron chi connectivity index (χ0n) is 8.39.